The number of carbonyl (C=O) groups is 1. The summed E-state index contributed by atoms with van der Waals surface area (Å²) in [4.78, 5) is 14.3. The molecule has 2 aromatic carbocycles. The highest BCUT2D eigenvalue weighted by Crippen LogP contribution is 2.40. The molecule has 4 nitrogen and oxygen atoms in total. The molecule has 0 radical (unpaired) electrons. The van der Waals surface area contributed by atoms with E-state index in [1.54, 1.807) is 4.90 Å². The second-order valence-electron chi connectivity index (χ2n) is 6.89. The van der Waals surface area contributed by atoms with Crippen LogP contribution in [0, 0.1) is 0 Å². The third kappa shape index (κ3) is 3.38. The molecule has 0 bridgehead atoms. The van der Waals surface area contributed by atoms with Gasteiger partial charge in [0.25, 0.3) is 0 Å². The molecule has 0 atom stereocenters. The minimum absolute atomic E-state index is 0.105. The first-order chi connectivity index (χ1) is 12.6. The standard InChI is InChI=1S/C21H22ClNO3/c1-23(20(24)12-14-2-4-16(22)5-3-14)9-6-18-17-8-11-25-19(17)13-15-7-10-26-21(15)18/h2-5,13H,6-12H2,1H3. The molecule has 1 amide bonds. The van der Waals surface area contributed by atoms with Crippen LogP contribution in [0.1, 0.15) is 22.3 Å². The van der Waals surface area contributed by atoms with Crippen molar-refractivity contribution >= 4 is 17.5 Å². The van der Waals surface area contributed by atoms with Gasteiger partial charge >= 0.3 is 0 Å². The monoisotopic (exact) mass is 371 g/mol. The molecule has 136 valence electrons. The van der Waals surface area contributed by atoms with Gasteiger partial charge in [-0.25, -0.2) is 0 Å². The molecule has 26 heavy (non-hydrogen) atoms. The van der Waals surface area contributed by atoms with Crippen molar-refractivity contribution in [1.29, 1.82) is 0 Å². The number of rotatable bonds is 5. The zero-order chi connectivity index (χ0) is 18.1. The Bertz CT molecular complexity index is 800. The van der Waals surface area contributed by atoms with Crippen molar-refractivity contribution in [1.82, 2.24) is 4.90 Å². The maximum Gasteiger partial charge on any atom is 0.226 e. The first-order valence-corrected chi connectivity index (χ1v) is 9.41. The molecule has 0 saturated carbocycles. The molecule has 2 aromatic rings. The summed E-state index contributed by atoms with van der Waals surface area (Å²) in [7, 11) is 1.86. The minimum Gasteiger partial charge on any atom is -0.493 e. The number of ether oxygens (including phenoxy) is 2. The lowest BCUT2D eigenvalue weighted by molar-refractivity contribution is -0.129. The summed E-state index contributed by atoms with van der Waals surface area (Å²) in [6.07, 6.45) is 3.03. The summed E-state index contributed by atoms with van der Waals surface area (Å²) in [5.74, 6) is 2.13. The van der Waals surface area contributed by atoms with Gasteiger partial charge < -0.3 is 14.4 Å². The van der Waals surface area contributed by atoms with Crippen LogP contribution < -0.4 is 9.47 Å². The van der Waals surface area contributed by atoms with E-state index in [9.17, 15) is 4.79 Å². The van der Waals surface area contributed by atoms with Crippen LogP contribution in [-0.2, 0) is 30.5 Å². The van der Waals surface area contributed by atoms with Gasteiger partial charge in [0, 0.05) is 48.1 Å². The number of halogens is 1. The van der Waals surface area contributed by atoms with Crippen LogP contribution in [0.5, 0.6) is 11.5 Å². The van der Waals surface area contributed by atoms with Crippen LogP contribution in [0.2, 0.25) is 5.02 Å². The molecule has 2 heterocycles. The highest BCUT2D eigenvalue weighted by molar-refractivity contribution is 6.30. The van der Waals surface area contributed by atoms with Crippen LogP contribution in [0.3, 0.4) is 0 Å². The lowest BCUT2D eigenvalue weighted by atomic mass is 9.97. The van der Waals surface area contributed by atoms with Crippen molar-refractivity contribution in [2.75, 3.05) is 26.8 Å². The second-order valence-corrected chi connectivity index (χ2v) is 7.32. The summed E-state index contributed by atoms with van der Waals surface area (Å²) >= 11 is 5.90. The van der Waals surface area contributed by atoms with E-state index in [1.165, 1.54) is 16.7 Å². The predicted molar refractivity (Wildman–Crippen MR) is 101 cm³/mol. The zero-order valence-electron chi connectivity index (χ0n) is 14.9. The third-order valence-electron chi connectivity index (χ3n) is 5.15. The number of benzene rings is 2. The van der Waals surface area contributed by atoms with Crippen molar-refractivity contribution in [2.24, 2.45) is 0 Å². The van der Waals surface area contributed by atoms with E-state index in [4.69, 9.17) is 21.1 Å². The SMILES string of the molecule is CN(CCc1c2c(cc3c1OCC3)OCC2)C(=O)Cc1ccc(Cl)cc1. The molecule has 0 N–H and O–H groups in total. The van der Waals surface area contributed by atoms with Gasteiger partial charge in [-0.15, -0.1) is 0 Å². The molecule has 0 aromatic heterocycles. The topological polar surface area (TPSA) is 38.8 Å². The smallest absolute Gasteiger partial charge is 0.226 e. The van der Waals surface area contributed by atoms with E-state index in [-0.39, 0.29) is 5.91 Å². The highest BCUT2D eigenvalue weighted by atomic mass is 35.5. The Balaban J connectivity index is 1.44. The molecule has 2 aliphatic heterocycles. The Morgan fingerprint density at radius 2 is 1.92 bits per heavy atom. The van der Waals surface area contributed by atoms with Crippen LogP contribution in [0.4, 0.5) is 0 Å². The molecule has 0 spiro atoms. The highest BCUT2D eigenvalue weighted by Gasteiger charge is 2.26. The summed E-state index contributed by atoms with van der Waals surface area (Å²) in [6, 6.07) is 9.56. The summed E-state index contributed by atoms with van der Waals surface area (Å²) in [5, 5.41) is 0.684. The number of hydrogen-bond donors (Lipinski definition) is 0. The largest absolute Gasteiger partial charge is 0.493 e. The molecular weight excluding hydrogens is 350 g/mol. The van der Waals surface area contributed by atoms with Crippen LogP contribution >= 0.6 is 11.6 Å². The summed E-state index contributed by atoms with van der Waals surface area (Å²) in [5.41, 5.74) is 4.68. The number of hydrogen-bond acceptors (Lipinski definition) is 3. The second kappa shape index (κ2) is 7.20. The average molecular weight is 372 g/mol. The fraction of sp³-hybridized carbons (Fsp3) is 0.381. The number of nitrogens with zero attached hydrogens (tertiary/aromatic N) is 1. The van der Waals surface area contributed by atoms with Crippen LogP contribution in [-0.4, -0.2) is 37.6 Å². The van der Waals surface area contributed by atoms with Gasteiger partial charge in [0.2, 0.25) is 5.91 Å². The van der Waals surface area contributed by atoms with Gasteiger partial charge in [0.1, 0.15) is 11.5 Å². The first kappa shape index (κ1) is 17.2. The van der Waals surface area contributed by atoms with Gasteiger partial charge in [-0.3, -0.25) is 4.79 Å². The van der Waals surface area contributed by atoms with Gasteiger partial charge in [-0.1, -0.05) is 23.7 Å². The number of amides is 1. The van der Waals surface area contributed by atoms with Crippen molar-refractivity contribution in [3.8, 4) is 11.5 Å². The molecule has 0 saturated heterocycles. The quantitative estimate of drug-likeness (QED) is 0.808. The number of carbonyl (C=O) groups excluding carboxylic acids is 1. The van der Waals surface area contributed by atoms with E-state index in [2.05, 4.69) is 6.07 Å². The van der Waals surface area contributed by atoms with Gasteiger partial charge in [0.05, 0.1) is 19.6 Å². The van der Waals surface area contributed by atoms with Crippen molar-refractivity contribution < 1.29 is 14.3 Å². The van der Waals surface area contributed by atoms with Gasteiger partial charge in [-0.2, -0.15) is 0 Å². The summed E-state index contributed by atoms with van der Waals surface area (Å²) in [6.45, 7) is 2.13. The van der Waals surface area contributed by atoms with Crippen molar-refractivity contribution in [3.05, 3.63) is 57.6 Å². The third-order valence-corrected chi connectivity index (χ3v) is 5.40. The van der Waals surface area contributed by atoms with E-state index < -0.39 is 0 Å². The van der Waals surface area contributed by atoms with Crippen molar-refractivity contribution in [2.45, 2.75) is 25.7 Å². The Kier molecular flexibility index (Phi) is 4.77. The fourth-order valence-electron chi connectivity index (χ4n) is 3.67. The Morgan fingerprint density at radius 3 is 2.73 bits per heavy atom. The molecule has 2 aliphatic rings. The Morgan fingerprint density at radius 1 is 1.15 bits per heavy atom. The van der Waals surface area contributed by atoms with E-state index in [0.29, 0.717) is 18.0 Å². The average Bonchev–Trinajstić information content (AvgIpc) is 3.29. The Hall–Kier alpha value is -2.20. The van der Waals surface area contributed by atoms with Gasteiger partial charge in [0.15, 0.2) is 0 Å². The normalized spacial score (nSPS) is 14.4. The van der Waals surface area contributed by atoms with E-state index in [0.717, 1.165) is 49.5 Å². The molecule has 0 aliphatic carbocycles. The van der Waals surface area contributed by atoms with E-state index >= 15 is 0 Å². The number of fused-ring (bicyclic) bond motifs is 2. The minimum atomic E-state index is 0.105. The van der Waals surface area contributed by atoms with E-state index in [1.807, 2.05) is 31.3 Å². The van der Waals surface area contributed by atoms with Crippen molar-refractivity contribution in [3.63, 3.8) is 0 Å². The maximum absolute atomic E-state index is 12.5. The first-order valence-electron chi connectivity index (χ1n) is 9.03. The Labute approximate surface area is 158 Å². The number of likely N-dealkylation sites (N-methyl/N-ethyl adjacent to an activating group) is 1. The summed E-state index contributed by atoms with van der Waals surface area (Å²) < 4.78 is 11.6. The molecule has 4 rings (SSSR count). The lowest BCUT2D eigenvalue weighted by Crippen LogP contribution is -2.30. The molecule has 0 fully saturated rings. The molecular formula is C21H22ClNO3. The molecule has 0 unspecified atom stereocenters. The van der Waals surface area contributed by atoms with Gasteiger partial charge in [-0.05, 0) is 30.2 Å². The lowest BCUT2D eigenvalue weighted by Gasteiger charge is -2.19. The molecule has 5 heteroatoms. The maximum atomic E-state index is 12.5. The van der Waals surface area contributed by atoms with Crippen LogP contribution in [0.15, 0.2) is 30.3 Å². The fourth-order valence-corrected chi connectivity index (χ4v) is 3.79. The zero-order valence-corrected chi connectivity index (χ0v) is 15.6. The van der Waals surface area contributed by atoms with Crippen LogP contribution in [0.25, 0.3) is 0 Å². The predicted octanol–water partition coefficient (Wildman–Crippen LogP) is 3.45.